The highest BCUT2D eigenvalue weighted by Gasteiger charge is 2.22. The van der Waals surface area contributed by atoms with Gasteiger partial charge < -0.3 is 20.7 Å². The third-order valence-electron chi connectivity index (χ3n) is 6.61. The molecule has 1 fully saturated rings. The Morgan fingerprint density at radius 2 is 1.90 bits per heavy atom. The number of rotatable bonds is 10. The first kappa shape index (κ1) is 32.7. The molecule has 10 nitrogen and oxygen atoms in total. The van der Waals surface area contributed by atoms with Gasteiger partial charge in [0, 0.05) is 55.6 Å². The quantitative estimate of drug-likeness (QED) is 0.313. The van der Waals surface area contributed by atoms with Gasteiger partial charge in [0.2, 0.25) is 0 Å². The molecular weight excluding hydrogens is 585 g/mol. The molecule has 3 aromatic rings. The van der Waals surface area contributed by atoms with Gasteiger partial charge in [-0.05, 0) is 37.8 Å². The Morgan fingerprint density at radius 1 is 1.17 bits per heavy atom. The largest absolute Gasteiger partial charge is 0.463 e. The van der Waals surface area contributed by atoms with Crippen molar-refractivity contribution in [3.63, 3.8) is 0 Å². The zero-order valence-electron chi connectivity index (χ0n) is 23.7. The molecule has 1 aliphatic heterocycles. The smallest absolute Gasteiger partial charge is 0.322 e. The van der Waals surface area contributed by atoms with Crippen LogP contribution in [0.4, 0.5) is 11.6 Å². The van der Waals surface area contributed by atoms with Gasteiger partial charge in [-0.15, -0.1) is 23.7 Å². The number of nitrogens with two attached hydrogens (primary N) is 1. The van der Waals surface area contributed by atoms with Gasteiger partial charge >= 0.3 is 5.97 Å². The van der Waals surface area contributed by atoms with Crippen molar-refractivity contribution in [2.45, 2.75) is 40.2 Å². The molecule has 1 amide bonds. The molecular formula is C28H37Cl2N7O3S. The lowest BCUT2D eigenvalue weighted by atomic mass is 10.1. The minimum atomic E-state index is -0.572. The van der Waals surface area contributed by atoms with Gasteiger partial charge in [-0.2, -0.15) is 0 Å². The Hall–Kier alpha value is -2.83. The minimum absolute atomic E-state index is 0. The summed E-state index contributed by atoms with van der Waals surface area (Å²) < 4.78 is 5.37. The highest BCUT2D eigenvalue weighted by molar-refractivity contribution is 7.17. The molecule has 2 aromatic heterocycles. The van der Waals surface area contributed by atoms with E-state index in [1.807, 2.05) is 39.0 Å². The average molecular weight is 623 g/mol. The van der Waals surface area contributed by atoms with Crippen LogP contribution in [-0.4, -0.2) is 77.1 Å². The molecule has 0 aliphatic carbocycles. The van der Waals surface area contributed by atoms with E-state index in [9.17, 15) is 9.59 Å². The van der Waals surface area contributed by atoms with Crippen molar-refractivity contribution < 1.29 is 14.3 Å². The van der Waals surface area contributed by atoms with E-state index in [-0.39, 0.29) is 24.3 Å². The molecule has 41 heavy (non-hydrogen) atoms. The lowest BCUT2D eigenvalue weighted by Crippen LogP contribution is -2.48. The first-order valence-electron chi connectivity index (χ1n) is 13.4. The summed E-state index contributed by atoms with van der Waals surface area (Å²) in [7, 11) is 0. The molecule has 1 aromatic carbocycles. The lowest BCUT2D eigenvalue weighted by Gasteiger charge is -2.35. The summed E-state index contributed by atoms with van der Waals surface area (Å²) in [5.74, 6) is 1.40. The number of amides is 1. The van der Waals surface area contributed by atoms with E-state index in [0.717, 1.165) is 48.0 Å². The van der Waals surface area contributed by atoms with Crippen LogP contribution < -0.4 is 16.0 Å². The molecule has 1 aliphatic rings. The monoisotopic (exact) mass is 621 g/mol. The topological polar surface area (TPSA) is 127 Å². The number of aryl methyl sites for hydroxylation is 2. The minimum Gasteiger partial charge on any atom is -0.463 e. The Labute approximate surface area is 256 Å². The number of ether oxygens (including phenoxy) is 1. The number of anilines is 2. The second-order valence-corrected chi connectivity index (χ2v) is 11.7. The standard InChI is InChI=1S/C28H36ClN7O3S.ClH/c1-17(2)14-21(30)28(38)39-13-12-35-8-10-36(11-9-35)24-15-23(32-19(4)33-24)34-26(37)27-31-16-22(40-27)25-18(3)6-5-7-20(25)29;/h5-7,15-17,21H,8-14,30H2,1-4H3,(H,32,33,34,37);1H. The lowest BCUT2D eigenvalue weighted by molar-refractivity contribution is -0.146. The van der Waals surface area contributed by atoms with E-state index in [2.05, 4.69) is 30.1 Å². The first-order chi connectivity index (χ1) is 19.1. The summed E-state index contributed by atoms with van der Waals surface area (Å²) in [6, 6.07) is 6.91. The number of piperazine rings is 1. The maximum absolute atomic E-state index is 13.0. The molecule has 0 bridgehead atoms. The van der Waals surface area contributed by atoms with Crippen molar-refractivity contribution in [3.05, 3.63) is 51.9 Å². The summed E-state index contributed by atoms with van der Waals surface area (Å²) >= 11 is 7.68. The Balaban J connectivity index is 0.00000462. The van der Waals surface area contributed by atoms with Crippen molar-refractivity contribution in [2.24, 2.45) is 11.7 Å². The van der Waals surface area contributed by atoms with Crippen LogP contribution in [0.3, 0.4) is 0 Å². The normalized spacial score (nSPS) is 14.5. The maximum Gasteiger partial charge on any atom is 0.322 e. The molecule has 13 heteroatoms. The van der Waals surface area contributed by atoms with E-state index in [1.165, 1.54) is 11.3 Å². The van der Waals surface area contributed by atoms with Crippen molar-refractivity contribution >= 4 is 58.9 Å². The van der Waals surface area contributed by atoms with Crippen LogP contribution in [0.2, 0.25) is 5.02 Å². The number of carbonyl (C=O) groups excluding carboxylic acids is 2. The second kappa shape index (κ2) is 14.9. The number of hydrogen-bond donors (Lipinski definition) is 2. The zero-order valence-corrected chi connectivity index (χ0v) is 26.1. The summed E-state index contributed by atoms with van der Waals surface area (Å²) in [5.41, 5.74) is 7.80. The third-order valence-corrected chi connectivity index (χ3v) is 7.94. The van der Waals surface area contributed by atoms with E-state index < -0.39 is 6.04 Å². The summed E-state index contributed by atoms with van der Waals surface area (Å²) in [5, 5.41) is 3.82. The summed E-state index contributed by atoms with van der Waals surface area (Å²) in [6.07, 6.45) is 2.29. The van der Waals surface area contributed by atoms with Crippen LogP contribution >= 0.6 is 35.3 Å². The third kappa shape index (κ3) is 8.83. The fourth-order valence-corrected chi connectivity index (χ4v) is 5.89. The molecule has 0 saturated carbocycles. The van der Waals surface area contributed by atoms with Crippen LogP contribution in [0.25, 0.3) is 10.4 Å². The van der Waals surface area contributed by atoms with Crippen LogP contribution in [0, 0.1) is 19.8 Å². The van der Waals surface area contributed by atoms with Crippen molar-refractivity contribution in [2.75, 3.05) is 49.5 Å². The number of aromatic nitrogens is 3. The fourth-order valence-electron chi connectivity index (χ4n) is 4.57. The van der Waals surface area contributed by atoms with Crippen LogP contribution in [0.5, 0.6) is 0 Å². The molecule has 1 unspecified atom stereocenters. The van der Waals surface area contributed by atoms with Gasteiger partial charge in [0.25, 0.3) is 5.91 Å². The molecule has 222 valence electrons. The van der Waals surface area contributed by atoms with E-state index in [1.54, 1.807) is 19.2 Å². The maximum atomic E-state index is 13.0. The first-order valence-corrected chi connectivity index (χ1v) is 14.6. The van der Waals surface area contributed by atoms with Crippen molar-refractivity contribution in [1.82, 2.24) is 19.9 Å². The number of hydrogen-bond acceptors (Lipinski definition) is 10. The zero-order chi connectivity index (χ0) is 28.8. The molecule has 1 saturated heterocycles. The molecule has 1 atom stereocenters. The highest BCUT2D eigenvalue weighted by atomic mass is 35.5. The predicted octanol–water partition coefficient (Wildman–Crippen LogP) is 4.58. The van der Waals surface area contributed by atoms with Gasteiger partial charge in [0.1, 0.15) is 30.1 Å². The van der Waals surface area contributed by atoms with Crippen LogP contribution in [0.15, 0.2) is 30.5 Å². The molecule has 3 N–H and O–H groups in total. The number of nitrogens with zero attached hydrogens (tertiary/aromatic N) is 5. The highest BCUT2D eigenvalue weighted by Crippen LogP contribution is 2.35. The van der Waals surface area contributed by atoms with E-state index in [4.69, 9.17) is 22.1 Å². The second-order valence-electron chi connectivity index (χ2n) is 10.3. The molecule has 4 rings (SSSR count). The summed E-state index contributed by atoms with van der Waals surface area (Å²) in [6.45, 7) is 11.9. The number of carbonyl (C=O) groups is 2. The number of nitrogens with one attached hydrogen (secondary N) is 1. The van der Waals surface area contributed by atoms with Crippen molar-refractivity contribution in [3.8, 4) is 10.4 Å². The summed E-state index contributed by atoms with van der Waals surface area (Å²) in [4.78, 5) is 43.6. The number of halogens is 2. The van der Waals surface area contributed by atoms with Gasteiger partial charge in [0.05, 0.1) is 4.88 Å². The van der Waals surface area contributed by atoms with Crippen molar-refractivity contribution in [1.29, 1.82) is 0 Å². The van der Waals surface area contributed by atoms with E-state index >= 15 is 0 Å². The number of benzene rings is 1. The Morgan fingerprint density at radius 3 is 2.59 bits per heavy atom. The Kier molecular flexibility index (Phi) is 11.9. The van der Waals surface area contributed by atoms with E-state index in [0.29, 0.717) is 47.2 Å². The number of esters is 1. The van der Waals surface area contributed by atoms with Crippen LogP contribution in [-0.2, 0) is 9.53 Å². The molecule has 0 radical (unpaired) electrons. The fraction of sp³-hybridized carbons (Fsp3) is 0.464. The molecule has 3 heterocycles. The number of thiazole rings is 1. The Bertz CT molecular complexity index is 1330. The van der Waals surface area contributed by atoms with Crippen LogP contribution in [0.1, 0.15) is 41.5 Å². The van der Waals surface area contributed by atoms with Gasteiger partial charge in [-0.25, -0.2) is 15.0 Å². The average Bonchev–Trinajstić information content (AvgIpc) is 3.38. The predicted molar refractivity (Wildman–Crippen MR) is 166 cm³/mol. The van der Waals surface area contributed by atoms with Gasteiger partial charge in [-0.1, -0.05) is 37.6 Å². The van der Waals surface area contributed by atoms with Gasteiger partial charge in [-0.3, -0.25) is 14.5 Å². The SMILES string of the molecule is Cc1nc(NC(=O)c2ncc(-c3c(C)cccc3Cl)s2)cc(N2CCN(CCOC(=O)C(N)CC(C)C)CC2)n1.Cl. The molecule has 0 spiro atoms. The van der Waals surface area contributed by atoms with Gasteiger partial charge in [0.15, 0.2) is 5.01 Å².